The summed E-state index contributed by atoms with van der Waals surface area (Å²) in [6.45, 7) is 3.88. The molecule has 0 aliphatic rings. The second-order valence-electron chi connectivity index (χ2n) is 4.84. The van der Waals surface area contributed by atoms with Crippen LogP contribution in [-0.4, -0.2) is 9.97 Å². The van der Waals surface area contributed by atoms with Crippen LogP contribution in [0.3, 0.4) is 0 Å². The molecule has 0 fully saturated rings. The normalized spacial score (nSPS) is 10.7. The molecule has 3 rings (SSSR count). The standard InChI is InChI=1S/C16H14N4/c1-9-13(18)6-7-14(19-9)15-10(2)20-16-11(8-17)4-3-5-12(15)16/h3-7,20H,18H2,1-2H3. The number of hydrogen-bond acceptors (Lipinski definition) is 3. The van der Waals surface area contributed by atoms with Gasteiger partial charge >= 0.3 is 0 Å². The van der Waals surface area contributed by atoms with Gasteiger partial charge in [0, 0.05) is 16.6 Å². The molecule has 4 nitrogen and oxygen atoms in total. The van der Waals surface area contributed by atoms with Crippen LogP contribution < -0.4 is 5.73 Å². The molecule has 4 heteroatoms. The van der Waals surface area contributed by atoms with Gasteiger partial charge in [0.05, 0.1) is 28.2 Å². The third kappa shape index (κ3) is 1.72. The van der Waals surface area contributed by atoms with Crippen molar-refractivity contribution in [3.63, 3.8) is 0 Å². The summed E-state index contributed by atoms with van der Waals surface area (Å²) in [4.78, 5) is 7.84. The number of aryl methyl sites for hydroxylation is 2. The molecule has 0 atom stereocenters. The summed E-state index contributed by atoms with van der Waals surface area (Å²) < 4.78 is 0. The van der Waals surface area contributed by atoms with E-state index >= 15 is 0 Å². The first-order valence-electron chi connectivity index (χ1n) is 6.36. The van der Waals surface area contributed by atoms with Crippen molar-refractivity contribution >= 4 is 16.6 Å². The van der Waals surface area contributed by atoms with E-state index in [1.54, 1.807) is 0 Å². The molecule has 98 valence electrons. The molecule has 3 N–H and O–H groups in total. The van der Waals surface area contributed by atoms with E-state index in [9.17, 15) is 5.26 Å². The maximum absolute atomic E-state index is 9.18. The Labute approximate surface area is 116 Å². The lowest BCUT2D eigenvalue weighted by atomic mass is 10.0. The monoisotopic (exact) mass is 262 g/mol. The van der Waals surface area contributed by atoms with Crippen molar-refractivity contribution < 1.29 is 0 Å². The molecule has 2 heterocycles. The zero-order chi connectivity index (χ0) is 14.3. The highest BCUT2D eigenvalue weighted by Crippen LogP contribution is 2.33. The smallest absolute Gasteiger partial charge is 0.101 e. The molecule has 0 saturated heterocycles. The lowest BCUT2D eigenvalue weighted by molar-refractivity contribution is 1.20. The van der Waals surface area contributed by atoms with Crippen LogP contribution in [0, 0.1) is 25.2 Å². The second-order valence-corrected chi connectivity index (χ2v) is 4.84. The molecule has 0 radical (unpaired) electrons. The number of hydrogen-bond donors (Lipinski definition) is 2. The number of H-pyrrole nitrogens is 1. The van der Waals surface area contributed by atoms with Crippen LogP contribution in [0.1, 0.15) is 17.0 Å². The molecule has 2 aromatic heterocycles. The predicted octanol–water partition coefficient (Wildman–Crippen LogP) is 3.30. The first kappa shape index (κ1) is 12.2. The molecule has 20 heavy (non-hydrogen) atoms. The lowest BCUT2D eigenvalue weighted by Gasteiger charge is -2.05. The van der Waals surface area contributed by atoms with Crippen molar-refractivity contribution in [1.29, 1.82) is 5.26 Å². The van der Waals surface area contributed by atoms with Gasteiger partial charge in [-0.1, -0.05) is 12.1 Å². The van der Waals surface area contributed by atoms with Gasteiger partial charge in [-0.05, 0) is 32.0 Å². The number of benzene rings is 1. The van der Waals surface area contributed by atoms with E-state index in [-0.39, 0.29) is 0 Å². The quantitative estimate of drug-likeness (QED) is 0.706. The summed E-state index contributed by atoms with van der Waals surface area (Å²) in [5.41, 5.74) is 11.7. The van der Waals surface area contributed by atoms with Crippen molar-refractivity contribution in [2.45, 2.75) is 13.8 Å². The zero-order valence-electron chi connectivity index (χ0n) is 11.4. The van der Waals surface area contributed by atoms with Crippen LogP contribution in [0.4, 0.5) is 5.69 Å². The molecule has 0 unspecified atom stereocenters. The van der Waals surface area contributed by atoms with Gasteiger partial charge in [0.2, 0.25) is 0 Å². The number of para-hydroxylation sites is 1. The molecule has 0 saturated carbocycles. The minimum absolute atomic E-state index is 0.643. The zero-order valence-corrected chi connectivity index (χ0v) is 11.4. The average Bonchev–Trinajstić information content (AvgIpc) is 2.78. The highest BCUT2D eigenvalue weighted by atomic mass is 14.8. The van der Waals surface area contributed by atoms with Crippen molar-refractivity contribution in [3.05, 3.63) is 47.3 Å². The number of aromatic nitrogens is 2. The molecule has 0 aliphatic heterocycles. The van der Waals surface area contributed by atoms with E-state index in [4.69, 9.17) is 5.73 Å². The maximum Gasteiger partial charge on any atom is 0.101 e. The summed E-state index contributed by atoms with van der Waals surface area (Å²) >= 11 is 0. The van der Waals surface area contributed by atoms with E-state index in [0.29, 0.717) is 11.3 Å². The summed E-state index contributed by atoms with van der Waals surface area (Å²) in [6, 6.07) is 11.7. The molecule has 3 aromatic rings. The highest BCUT2D eigenvalue weighted by molar-refractivity contribution is 5.99. The molecule has 0 bridgehead atoms. The van der Waals surface area contributed by atoms with Gasteiger partial charge in [-0.15, -0.1) is 0 Å². The molecule has 0 aliphatic carbocycles. The number of nitrogens with one attached hydrogen (secondary N) is 1. The molecular weight excluding hydrogens is 248 g/mol. The molecule has 1 aromatic carbocycles. The van der Waals surface area contributed by atoms with Crippen molar-refractivity contribution in [2.24, 2.45) is 0 Å². The predicted molar refractivity (Wildman–Crippen MR) is 80.1 cm³/mol. The largest absolute Gasteiger partial charge is 0.397 e. The summed E-state index contributed by atoms with van der Waals surface area (Å²) in [5.74, 6) is 0. The summed E-state index contributed by atoms with van der Waals surface area (Å²) in [7, 11) is 0. The SMILES string of the molecule is Cc1nc(-c2c(C)[nH]c3c(C#N)cccc23)ccc1N. The number of pyridine rings is 1. The minimum Gasteiger partial charge on any atom is -0.397 e. The number of aromatic amines is 1. The number of nitrogen functional groups attached to an aromatic ring is 1. The van der Waals surface area contributed by atoms with Crippen molar-refractivity contribution in [1.82, 2.24) is 9.97 Å². The fourth-order valence-corrected chi connectivity index (χ4v) is 2.48. The average molecular weight is 262 g/mol. The molecular formula is C16H14N4. The van der Waals surface area contributed by atoms with Gasteiger partial charge in [-0.25, -0.2) is 0 Å². The third-order valence-corrected chi connectivity index (χ3v) is 3.52. The van der Waals surface area contributed by atoms with Crippen LogP contribution in [-0.2, 0) is 0 Å². The lowest BCUT2D eigenvalue weighted by Crippen LogP contribution is -1.94. The van der Waals surface area contributed by atoms with Gasteiger partial charge in [-0.3, -0.25) is 4.98 Å². The van der Waals surface area contributed by atoms with Crippen LogP contribution in [0.5, 0.6) is 0 Å². The number of nitrogens with zero attached hydrogens (tertiary/aromatic N) is 2. The Morgan fingerprint density at radius 1 is 1.20 bits per heavy atom. The van der Waals surface area contributed by atoms with Crippen LogP contribution >= 0.6 is 0 Å². The number of nitriles is 1. The van der Waals surface area contributed by atoms with Crippen molar-refractivity contribution in [2.75, 3.05) is 5.73 Å². The van der Waals surface area contributed by atoms with Crippen LogP contribution in [0.15, 0.2) is 30.3 Å². The van der Waals surface area contributed by atoms with E-state index in [1.165, 1.54) is 0 Å². The first-order chi connectivity index (χ1) is 9.61. The fourth-order valence-electron chi connectivity index (χ4n) is 2.48. The first-order valence-corrected chi connectivity index (χ1v) is 6.36. The number of rotatable bonds is 1. The van der Waals surface area contributed by atoms with Gasteiger partial charge < -0.3 is 10.7 Å². The highest BCUT2D eigenvalue weighted by Gasteiger charge is 2.14. The number of fused-ring (bicyclic) bond motifs is 1. The second kappa shape index (κ2) is 4.39. The Balaban J connectivity index is 2.34. The van der Waals surface area contributed by atoms with Gasteiger partial charge in [-0.2, -0.15) is 5.26 Å². The molecule has 0 amide bonds. The summed E-state index contributed by atoms with van der Waals surface area (Å²) in [5, 5.41) is 10.2. The van der Waals surface area contributed by atoms with E-state index < -0.39 is 0 Å². The Morgan fingerprint density at radius 2 is 2.00 bits per heavy atom. The molecule has 0 spiro atoms. The van der Waals surface area contributed by atoms with E-state index in [0.717, 1.165) is 33.5 Å². The number of anilines is 1. The number of nitrogens with two attached hydrogens (primary N) is 1. The Morgan fingerprint density at radius 3 is 2.70 bits per heavy atom. The van der Waals surface area contributed by atoms with Crippen molar-refractivity contribution in [3.8, 4) is 17.3 Å². The van der Waals surface area contributed by atoms with Gasteiger partial charge in [0.1, 0.15) is 6.07 Å². The fraction of sp³-hybridized carbons (Fsp3) is 0.125. The Bertz CT molecular complexity index is 853. The van der Waals surface area contributed by atoms with Crippen LogP contribution in [0.25, 0.3) is 22.2 Å². The van der Waals surface area contributed by atoms with Crippen LogP contribution in [0.2, 0.25) is 0 Å². The van der Waals surface area contributed by atoms with E-state index in [1.807, 2.05) is 44.2 Å². The third-order valence-electron chi connectivity index (χ3n) is 3.52. The van der Waals surface area contributed by atoms with Gasteiger partial charge in [0.15, 0.2) is 0 Å². The summed E-state index contributed by atoms with van der Waals surface area (Å²) in [6.07, 6.45) is 0. The maximum atomic E-state index is 9.18. The van der Waals surface area contributed by atoms with Gasteiger partial charge in [0.25, 0.3) is 0 Å². The Kier molecular flexibility index (Phi) is 2.69. The minimum atomic E-state index is 0.643. The van der Waals surface area contributed by atoms with E-state index in [2.05, 4.69) is 16.0 Å². The Hall–Kier alpha value is -2.80. The topological polar surface area (TPSA) is 78.5 Å².